The van der Waals surface area contributed by atoms with E-state index in [9.17, 15) is 4.79 Å². The number of amides is 1. The van der Waals surface area contributed by atoms with Gasteiger partial charge in [-0.3, -0.25) is 9.48 Å². The first-order valence-corrected chi connectivity index (χ1v) is 9.07. The van der Waals surface area contributed by atoms with Gasteiger partial charge >= 0.3 is 0 Å². The van der Waals surface area contributed by atoms with Crippen LogP contribution in [0.3, 0.4) is 0 Å². The van der Waals surface area contributed by atoms with Gasteiger partial charge in [0, 0.05) is 41.1 Å². The molecule has 2 N–H and O–H groups in total. The summed E-state index contributed by atoms with van der Waals surface area (Å²) >= 11 is 7.49. The summed E-state index contributed by atoms with van der Waals surface area (Å²) in [5.41, 5.74) is 3.87. The van der Waals surface area contributed by atoms with Crippen molar-refractivity contribution in [1.82, 2.24) is 20.1 Å². The van der Waals surface area contributed by atoms with E-state index in [1.807, 2.05) is 36.3 Å². The van der Waals surface area contributed by atoms with E-state index in [1.165, 1.54) is 17.0 Å². The zero-order chi connectivity index (χ0) is 16.7. The van der Waals surface area contributed by atoms with Crippen LogP contribution in [0, 0.1) is 0 Å². The maximum Gasteiger partial charge on any atom is 0.253 e. The maximum absolute atomic E-state index is 12.8. The van der Waals surface area contributed by atoms with Crippen LogP contribution in [0.15, 0.2) is 30.7 Å². The average molecular weight is 361 g/mol. The average Bonchev–Trinajstić information content (AvgIpc) is 3.28. The summed E-state index contributed by atoms with van der Waals surface area (Å²) in [7, 11) is 1.95. The smallest absolute Gasteiger partial charge is 0.253 e. The Hall–Kier alpha value is -2.05. The zero-order valence-corrected chi connectivity index (χ0v) is 14.7. The van der Waals surface area contributed by atoms with Crippen molar-refractivity contribution in [1.29, 1.82) is 0 Å². The molecule has 1 aliphatic carbocycles. The molecule has 0 spiro atoms. The summed E-state index contributed by atoms with van der Waals surface area (Å²) in [6.45, 7) is 0. The molecule has 3 heterocycles. The Kier molecular flexibility index (Phi) is 3.94. The predicted molar refractivity (Wildman–Crippen MR) is 95.5 cm³/mol. The van der Waals surface area contributed by atoms with E-state index in [2.05, 4.69) is 15.4 Å². The minimum absolute atomic E-state index is 0.0182. The molecule has 3 aromatic rings. The fraction of sp³-hybridized carbons (Fsp3) is 0.294. The molecule has 1 aliphatic rings. The van der Waals surface area contributed by atoms with Crippen molar-refractivity contribution < 1.29 is 4.79 Å². The second kappa shape index (κ2) is 6.11. The predicted octanol–water partition coefficient (Wildman–Crippen LogP) is 3.94. The van der Waals surface area contributed by atoms with Gasteiger partial charge in [-0.05, 0) is 31.4 Å². The minimum atomic E-state index is -0.0718. The first kappa shape index (κ1) is 15.5. The number of nitrogens with one attached hydrogen (secondary N) is 2. The standard InChI is InChI=1S/C17H17ClN4OS/c1-22-14-4-2-3-13(12(14)9-20-22)21-17(23)11-8-19-7-10(11)15-5-6-16(18)24-15/h5-9,13,19H,2-4H2,1H3,(H,21,23)/t13-/m0/s1. The Labute approximate surface area is 148 Å². The van der Waals surface area contributed by atoms with E-state index in [-0.39, 0.29) is 11.9 Å². The number of nitrogens with zero attached hydrogens (tertiary/aromatic N) is 2. The van der Waals surface area contributed by atoms with Gasteiger partial charge in [0.2, 0.25) is 0 Å². The third kappa shape index (κ3) is 2.65. The van der Waals surface area contributed by atoms with Gasteiger partial charge in [-0.15, -0.1) is 11.3 Å². The molecule has 1 atom stereocenters. The molecule has 0 saturated carbocycles. The summed E-state index contributed by atoms with van der Waals surface area (Å²) < 4.78 is 2.62. The van der Waals surface area contributed by atoms with Crippen molar-refractivity contribution in [3.05, 3.63) is 51.9 Å². The van der Waals surface area contributed by atoms with Gasteiger partial charge in [-0.25, -0.2) is 0 Å². The van der Waals surface area contributed by atoms with Gasteiger partial charge in [0.05, 0.1) is 22.1 Å². The normalized spacial score (nSPS) is 16.8. The Morgan fingerprint density at radius 1 is 1.46 bits per heavy atom. The molecule has 4 rings (SSSR count). The van der Waals surface area contributed by atoms with E-state index >= 15 is 0 Å². The quantitative estimate of drug-likeness (QED) is 0.743. The largest absolute Gasteiger partial charge is 0.366 e. The van der Waals surface area contributed by atoms with Crippen LogP contribution in [0.4, 0.5) is 0 Å². The van der Waals surface area contributed by atoms with Gasteiger partial charge in [0.15, 0.2) is 0 Å². The monoisotopic (exact) mass is 360 g/mol. The molecule has 124 valence electrons. The Balaban J connectivity index is 1.59. The fourth-order valence-corrected chi connectivity index (χ4v) is 4.38. The number of aromatic nitrogens is 3. The van der Waals surface area contributed by atoms with E-state index in [1.54, 1.807) is 6.20 Å². The van der Waals surface area contributed by atoms with Crippen LogP contribution in [-0.4, -0.2) is 20.7 Å². The highest BCUT2D eigenvalue weighted by Gasteiger charge is 2.26. The van der Waals surface area contributed by atoms with Crippen LogP contribution >= 0.6 is 22.9 Å². The number of aromatic amines is 1. The van der Waals surface area contributed by atoms with E-state index in [0.717, 1.165) is 35.3 Å². The topological polar surface area (TPSA) is 62.7 Å². The molecule has 5 nitrogen and oxygen atoms in total. The molecule has 7 heteroatoms. The van der Waals surface area contributed by atoms with Crippen molar-refractivity contribution in [2.45, 2.75) is 25.3 Å². The number of fused-ring (bicyclic) bond motifs is 1. The fourth-order valence-electron chi connectivity index (χ4n) is 3.31. The zero-order valence-electron chi connectivity index (χ0n) is 13.2. The molecule has 1 amide bonds. The number of carbonyl (C=O) groups excluding carboxylic acids is 1. The van der Waals surface area contributed by atoms with E-state index in [4.69, 9.17) is 11.6 Å². The molecule has 3 aromatic heterocycles. The highest BCUT2D eigenvalue weighted by atomic mass is 35.5. The number of rotatable bonds is 3. The number of hydrogen-bond acceptors (Lipinski definition) is 3. The van der Waals surface area contributed by atoms with Crippen LogP contribution < -0.4 is 5.32 Å². The van der Waals surface area contributed by atoms with Crippen LogP contribution in [-0.2, 0) is 13.5 Å². The molecule has 0 bridgehead atoms. The second-order valence-corrected chi connectivity index (χ2v) is 7.69. The lowest BCUT2D eigenvalue weighted by Crippen LogP contribution is -2.31. The molecule has 0 unspecified atom stereocenters. The van der Waals surface area contributed by atoms with Gasteiger partial charge in [-0.2, -0.15) is 5.10 Å². The lowest BCUT2D eigenvalue weighted by molar-refractivity contribution is 0.0933. The molecule has 24 heavy (non-hydrogen) atoms. The molecular formula is C17H17ClN4OS. The lowest BCUT2D eigenvalue weighted by Gasteiger charge is -2.23. The summed E-state index contributed by atoms with van der Waals surface area (Å²) in [6.07, 6.45) is 8.46. The van der Waals surface area contributed by atoms with Crippen LogP contribution in [0.2, 0.25) is 4.34 Å². The highest BCUT2D eigenvalue weighted by molar-refractivity contribution is 7.19. The number of thiophene rings is 1. The molecule has 0 aliphatic heterocycles. The lowest BCUT2D eigenvalue weighted by atomic mass is 9.92. The van der Waals surface area contributed by atoms with Gasteiger partial charge in [-0.1, -0.05) is 11.6 Å². The van der Waals surface area contributed by atoms with E-state index in [0.29, 0.717) is 9.90 Å². The third-order valence-electron chi connectivity index (χ3n) is 4.51. The number of H-pyrrole nitrogens is 1. The third-order valence-corrected chi connectivity index (χ3v) is 5.77. The Morgan fingerprint density at radius 2 is 2.33 bits per heavy atom. The molecule has 0 saturated heterocycles. The Morgan fingerprint density at radius 3 is 3.12 bits per heavy atom. The van der Waals surface area contributed by atoms with Crippen molar-refractivity contribution >= 4 is 28.8 Å². The summed E-state index contributed by atoms with van der Waals surface area (Å²) in [5.74, 6) is -0.0718. The number of halogens is 1. The van der Waals surface area contributed by atoms with Crippen molar-refractivity contribution in [3.63, 3.8) is 0 Å². The maximum atomic E-state index is 12.8. The van der Waals surface area contributed by atoms with Crippen molar-refractivity contribution in [2.24, 2.45) is 7.05 Å². The van der Waals surface area contributed by atoms with Crippen LogP contribution in [0.5, 0.6) is 0 Å². The van der Waals surface area contributed by atoms with Crippen LogP contribution in [0.25, 0.3) is 10.4 Å². The van der Waals surface area contributed by atoms with E-state index < -0.39 is 0 Å². The number of carbonyl (C=O) groups is 1. The molecule has 0 aromatic carbocycles. The summed E-state index contributed by atoms with van der Waals surface area (Å²) in [4.78, 5) is 16.8. The highest BCUT2D eigenvalue weighted by Crippen LogP contribution is 2.34. The van der Waals surface area contributed by atoms with Crippen LogP contribution in [0.1, 0.15) is 40.5 Å². The first-order valence-electron chi connectivity index (χ1n) is 7.87. The molecular weight excluding hydrogens is 344 g/mol. The summed E-state index contributed by atoms with van der Waals surface area (Å²) in [5, 5.41) is 7.50. The van der Waals surface area contributed by atoms with Gasteiger partial charge in [0.25, 0.3) is 5.91 Å². The second-order valence-electron chi connectivity index (χ2n) is 5.97. The minimum Gasteiger partial charge on any atom is -0.366 e. The number of hydrogen-bond donors (Lipinski definition) is 2. The first-order chi connectivity index (χ1) is 11.6. The number of aryl methyl sites for hydroxylation is 1. The summed E-state index contributed by atoms with van der Waals surface area (Å²) in [6, 6.07) is 3.80. The Bertz CT molecular complexity index is 894. The molecule has 0 radical (unpaired) electrons. The van der Waals surface area contributed by atoms with Crippen molar-refractivity contribution in [3.8, 4) is 10.4 Å². The van der Waals surface area contributed by atoms with Gasteiger partial charge < -0.3 is 10.3 Å². The molecule has 0 fully saturated rings. The van der Waals surface area contributed by atoms with Crippen molar-refractivity contribution in [2.75, 3.05) is 0 Å². The SMILES string of the molecule is Cn1ncc2c1CCC[C@@H]2NC(=O)c1c[nH]cc1-c1ccc(Cl)s1. The van der Waals surface area contributed by atoms with Gasteiger partial charge in [0.1, 0.15) is 0 Å².